The number of Topliss-reactive ketones (excluding diaryl/α,β-unsaturated/α-hetero) is 2. The molecule has 0 saturated heterocycles. The molecule has 4 heteroatoms. The SMILES string of the molecule is O=C1CCCc2nc3nc4c(cc3cc21)C(=O)CCC4. The normalized spacial score (nSPS) is 18.0. The van der Waals surface area contributed by atoms with Crippen molar-refractivity contribution in [3.63, 3.8) is 0 Å². The number of pyridine rings is 2. The summed E-state index contributed by atoms with van der Waals surface area (Å²) in [6, 6.07) is 3.74. The van der Waals surface area contributed by atoms with E-state index in [-0.39, 0.29) is 11.6 Å². The van der Waals surface area contributed by atoms with Gasteiger partial charge in [0.15, 0.2) is 17.2 Å². The molecule has 4 rings (SSSR count). The first-order valence-corrected chi connectivity index (χ1v) is 7.12. The Bertz CT molecular complexity index is 704. The highest BCUT2D eigenvalue weighted by Crippen LogP contribution is 2.27. The molecule has 2 aromatic rings. The Labute approximate surface area is 116 Å². The van der Waals surface area contributed by atoms with Crippen molar-refractivity contribution in [3.05, 3.63) is 34.6 Å². The van der Waals surface area contributed by atoms with Crippen molar-refractivity contribution >= 4 is 22.6 Å². The first-order chi connectivity index (χ1) is 9.72. The molecule has 0 amide bonds. The van der Waals surface area contributed by atoms with Gasteiger partial charge in [-0.3, -0.25) is 9.59 Å². The molecule has 0 radical (unpaired) electrons. The predicted molar refractivity (Wildman–Crippen MR) is 74.1 cm³/mol. The van der Waals surface area contributed by atoms with Crippen molar-refractivity contribution < 1.29 is 9.59 Å². The van der Waals surface area contributed by atoms with Crippen LogP contribution in [0.2, 0.25) is 0 Å². The monoisotopic (exact) mass is 266 g/mol. The van der Waals surface area contributed by atoms with E-state index in [4.69, 9.17) is 0 Å². The standard InChI is InChI=1S/C16H14N2O2/c19-14-5-1-3-12-10(14)7-9-8-11-13(18-16(9)17-12)4-2-6-15(11)20/h7-8H,1-6H2. The molecule has 0 bridgehead atoms. The van der Waals surface area contributed by atoms with E-state index in [0.717, 1.165) is 42.5 Å². The van der Waals surface area contributed by atoms with Gasteiger partial charge in [-0.15, -0.1) is 0 Å². The van der Waals surface area contributed by atoms with Crippen LogP contribution in [0.25, 0.3) is 11.0 Å². The zero-order valence-electron chi connectivity index (χ0n) is 11.1. The summed E-state index contributed by atoms with van der Waals surface area (Å²) in [6.07, 6.45) is 4.61. The molecule has 20 heavy (non-hydrogen) atoms. The van der Waals surface area contributed by atoms with Crippen molar-refractivity contribution in [1.82, 2.24) is 9.97 Å². The summed E-state index contributed by atoms with van der Waals surface area (Å²) in [5.41, 5.74) is 3.83. The molecule has 0 N–H and O–H groups in total. The van der Waals surface area contributed by atoms with Crippen LogP contribution in [0.1, 0.15) is 57.8 Å². The minimum absolute atomic E-state index is 0.157. The van der Waals surface area contributed by atoms with E-state index in [1.165, 1.54) is 0 Å². The van der Waals surface area contributed by atoms with Crippen LogP contribution in [0.5, 0.6) is 0 Å². The molecule has 2 aliphatic carbocycles. The molecule has 2 aliphatic rings. The van der Waals surface area contributed by atoms with Gasteiger partial charge in [0.2, 0.25) is 0 Å². The topological polar surface area (TPSA) is 59.9 Å². The molecule has 0 aliphatic heterocycles. The Kier molecular flexibility index (Phi) is 2.46. The highest BCUT2D eigenvalue weighted by molar-refractivity contribution is 6.03. The van der Waals surface area contributed by atoms with Gasteiger partial charge in [-0.2, -0.15) is 0 Å². The van der Waals surface area contributed by atoms with Crippen LogP contribution < -0.4 is 0 Å². The summed E-state index contributed by atoms with van der Waals surface area (Å²) in [5, 5.41) is 0.813. The number of fused-ring (bicyclic) bond motifs is 3. The number of carbonyl (C=O) groups is 2. The summed E-state index contributed by atoms with van der Waals surface area (Å²) >= 11 is 0. The van der Waals surface area contributed by atoms with E-state index in [1.54, 1.807) is 0 Å². The second kappa shape index (κ2) is 4.20. The summed E-state index contributed by atoms with van der Waals surface area (Å²) < 4.78 is 0. The second-order valence-electron chi connectivity index (χ2n) is 5.57. The largest absolute Gasteiger partial charge is 0.294 e. The van der Waals surface area contributed by atoms with Gasteiger partial charge < -0.3 is 0 Å². The lowest BCUT2D eigenvalue weighted by atomic mass is 9.91. The molecule has 0 unspecified atom stereocenters. The molecule has 2 heterocycles. The number of aryl methyl sites for hydroxylation is 2. The van der Waals surface area contributed by atoms with E-state index < -0.39 is 0 Å². The molecule has 4 nitrogen and oxygen atoms in total. The van der Waals surface area contributed by atoms with Crippen molar-refractivity contribution in [2.75, 3.05) is 0 Å². The van der Waals surface area contributed by atoms with Gasteiger partial charge in [-0.1, -0.05) is 0 Å². The Morgan fingerprint density at radius 2 is 1.25 bits per heavy atom. The lowest BCUT2D eigenvalue weighted by Crippen LogP contribution is -2.15. The Morgan fingerprint density at radius 3 is 1.75 bits per heavy atom. The fourth-order valence-corrected chi connectivity index (χ4v) is 3.14. The van der Waals surface area contributed by atoms with Crippen LogP contribution in [0.3, 0.4) is 0 Å². The molecule has 100 valence electrons. The van der Waals surface area contributed by atoms with Crippen LogP contribution in [0, 0.1) is 0 Å². The number of aromatic nitrogens is 2. The summed E-state index contributed by atoms with van der Waals surface area (Å²) in [4.78, 5) is 33.0. The average Bonchev–Trinajstić information content (AvgIpc) is 2.45. The maximum Gasteiger partial charge on any atom is 0.164 e. The third-order valence-corrected chi connectivity index (χ3v) is 4.20. The average molecular weight is 266 g/mol. The predicted octanol–water partition coefficient (Wildman–Crippen LogP) is 2.67. The highest BCUT2D eigenvalue weighted by atomic mass is 16.1. The summed E-state index contributed by atoms with van der Waals surface area (Å²) in [7, 11) is 0. The van der Waals surface area contributed by atoms with Crippen molar-refractivity contribution in [2.24, 2.45) is 0 Å². The smallest absolute Gasteiger partial charge is 0.164 e. The second-order valence-corrected chi connectivity index (χ2v) is 5.57. The zero-order chi connectivity index (χ0) is 13.7. The maximum atomic E-state index is 12.0. The van der Waals surface area contributed by atoms with Gasteiger partial charge in [0, 0.05) is 29.4 Å². The Balaban J connectivity index is 1.98. The van der Waals surface area contributed by atoms with Gasteiger partial charge in [0.1, 0.15) is 0 Å². The van der Waals surface area contributed by atoms with Crippen LogP contribution in [-0.2, 0) is 12.8 Å². The van der Waals surface area contributed by atoms with Crippen LogP contribution in [0.15, 0.2) is 12.1 Å². The maximum absolute atomic E-state index is 12.0. The molecule has 0 fully saturated rings. The first kappa shape index (κ1) is 11.7. The minimum Gasteiger partial charge on any atom is -0.294 e. The highest BCUT2D eigenvalue weighted by Gasteiger charge is 2.23. The van der Waals surface area contributed by atoms with Crippen LogP contribution >= 0.6 is 0 Å². The van der Waals surface area contributed by atoms with Crippen molar-refractivity contribution in [3.8, 4) is 0 Å². The van der Waals surface area contributed by atoms with Gasteiger partial charge in [-0.25, -0.2) is 9.97 Å². The van der Waals surface area contributed by atoms with E-state index in [9.17, 15) is 9.59 Å². The van der Waals surface area contributed by atoms with E-state index in [1.807, 2.05) is 12.1 Å². The number of ketones is 2. The number of rotatable bonds is 0. The molecular formula is C16H14N2O2. The minimum atomic E-state index is 0.157. The lowest BCUT2D eigenvalue weighted by Gasteiger charge is -2.17. The van der Waals surface area contributed by atoms with Gasteiger partial charge in [0.05, 0.1) is 11.4 Å². The van der Waals surface area contributed by atoms with Gasteiger partial charge in [-0.05, 0) is 37.8 Å². The van der Waals surface area contributed by atoms with Crippen molar-refractivity contribution in [1.29, 1.82) is 0 Å². The Hall–Kier alpha value is -2.10. The summed E-state index contributed by atoms with van der Waals surface area (Å²) in [6.45, 7) is 0. The van der Waals surface area contributed by atoms with Crippen LogP contribution in [-0.4, -0.2) is 21.5 Å². The van der Waals surface area contributed by atoms with E-state index >= 15 is 0 Å². The Morgan fingerprint density at radius 1 is 0.750 bits per heavy atom. The molecule has 0 saturated carbocycles. The molecular weight excluding hydrogens is 252 g/mol. The summed E-state index contributed by atoms with van der Waals surface area (Å²) in [5.74, 6) is 0.314. The number of nitrogens with zero attached hydrogens (tertiary/aromatic N) is 2. The van der Waals surface area contributed by atoms with Gasteiger partial charge in [0.25, 0.3) is 0 Å². The molecule has 0 atom stereocenters. The van der Waals surface area contributed by atoms with E-state index in [0.29, 0.717) is 29.6 Å². The molecule has 0 spiro atoms. The lowest BCUT2D eigenvalue weighted by molar-refractivity contribution is 0.0964. The number of hydrogen-bond donors (Lipinski definition) is 0. The van der Waals surface area contributed by atoms with Crippen LogP contribution in [0.4, 0.5) is 0 Å². The fraction of sp³-hybridized carbons (Fsp3) is 0.375. The molecule has 2 aromatic heterocycles. The third-order valence-electron chi connectivity index (χ3n) is 4.20. The number of carbonyl (C=O) groups excluding carboxylic acids is 2. The van der Waals surface area contributed by atoms with Gasteiger partial charge >= 0.3 is 0 Å². The molecule has 0 aromatic carbocycles. The number of hydrogen-bond acceptors (Lipinski definition) is 4. The third kappa shape index (κ3) is 1.68. The van der Waals surface area contributed by atoms with Crippen molar-refractivity contribution in [2.45, 2.75) is 38.5 Å². The van der Waals surface area contributed by atoms with E-state index in [2.05, 4.69) is 9.97 Å². The quantitative estimate of drug-likeness (QED) is 0.735. The fourth-order valence-electron chi connectivity index (χ4n) is 3.14. The first-order valence-electron chi connectivity index (χ1n) is 7.12. The zero-order valence-corrected chi connectivity index (χ0v) is 11.1.